The average molecular weight is 234 g/mol. The number of hydrogen-bond acceptors (Lipinski definition) is 5. The summed E-state index contributed by atoms with van der Waals surface area (Å²) in [5, 5.41) is 3.88. The number of rotatable bonds is 2. The molecule has 0 bridgehead atoms. The molecule has 2 N–H and O–H groups in total. The minimum Gasteiger partial charge on any atom is -0.326 e. The lowest BCUT2D eigenvalue weighted by Crippen LogP contribution is -1.91. The van der Waals surface area contributed by atoms with E-state index in [2.05, 4.69) is 9.97 Å². The third kappa shape index (κ3) is 2.25. The molecular formula is C7H8ClN3S2. The number of hydrogen-bond donors (Lipinski definition) is 1. The minimum absolute atomic E-state index is 0. The standard InChI is InChI=1S/C7H7N3S2.ClH/c8-3-5-4-10-7(12-5)6-9-1-2-11-6;/h1-2,4H,3,8H2;1H. The maximum atomic E-state index is 5.47. The molecule has 0 unspecified atom stereocenters. The van der Waals surface area contributed by atoms with Crippen LogP contribution in [0.4, 0.5) is 0 Å². The van der Waals surface area contributed by atoms with E-state index in [0.717, 1.165) is 14.9 Å². The van der Waals surface area contributed by atoms with Crippen molar-refractivity contribution in [3.63, 3.8) is 0 Å². The quantitative estimate of drug-likeness (QED) is 0.865. The Morgan fingerprint density at radius 2 is 2.15 bits per heavy atom. The molecule has 0 aliphatic heterocycles. The van der Waals surface area contributed by atoms with Crippen molar-refractivity contribution in [2.24, 2.45) is 5.73 Å². The van der Waals surface area contributed by atoms with Crippen molar-refractivity contribution in [1.29, 1.82) is 0 Å². The number of nitrogens with zero attached hydrogens (tertiary/aromatic N) is 2. The zero-order valence-corrected chi connectivity index (χ0v) is 9.09. The molecule has 6 heteroatoms. The highest BCUT2D eigenvalue weighted by molar-refractivity contribution is 7.20. The van der Waals surface area contributed by atoms with E-state index >= 15 is 0 Å². The Morgan fingerprint density at radius 1 is 1.31 bits per heavy atom. The zero-order chi connectivity index (χ0) is 8.39. The van der Waals surface area contributed by atoms with Gasteiger partial charge in [0.25, 0.3) is 0 Å². The van der Waals surface area contributed by atoms with Crippen LogP contribution in [0.1, 0.15) is 4.88 Å². The smallest absolute Gasteiger partial charge is 0.152 e. The van der Waals surface area contributed by atoms with Crippen molar-refractivity contribution in [3.05, 3.63) is 22.7 Å². The van der Waals surface area contributed by atoms with Gasteiger partial charge in [-0.05, 0) is 0 Å². The highest BCUT2D eigenvalue weighted by atomic mass is 35.5. The predicted octanol–water partition coefficient (Wildman–Crippen LogP) is 2.15. The molecule has 2 aromatic rings. The summed E-state index contributed by atoms with van der Waals surface area (Å²) >= 11 is 3.20. The first-order chi connectivity index (χ1) is 5.90. The molecule has 3 nitrogen and oxygen atoms in total. The van der Waals surface area contributed by atoms with Crippen molar-refractivity contribution < 1.29 is 0 Å². The van der Waals surface area contributed by atoms with Crippen LogP contribution in [0, 0.1) is 0 Å². The van der Waals surface area contributed by atoms with Crippen molar-refractivity contribution in [3.8, 4) is 10.0 Å². The van der Waals surface area contributed by atoms with Gasteiger partial charge in [0.05, 0.1) is 0 Å². The van der Waals surface area contributed by atoms with Crippen LogP contribution in [0.2, 0.25) is 0 Å². The summed E-state index contributed by atoms with van der Waals surface area (Å²) in [7, 11) is 0. The molecule has 2 rings (SSSR count). The van der Waals surface area contributed by atoms with Gasteiger partial charge in [0.1, 0.15) is 0 Å². The number of thiazole rings is 2. The first kappa shape index (κ1) is 10.6. The second-order valence-electron chi connectivity index (χ2n) is 2.17. The first-order valence-electron chi connectivity index (χ1n) is 3.45. The molecule has 0 atom stereocenters. The van der Waals surface area contributed by atoms with E-state index in [0.29, 0.717) is 6.54 Å². The third-order valence-electron chi connectivity index (χ3n) is 1.37. The van der Waals surface area contributed by atoms with Gasteiger partial charge in [-0.3, -0.25) is 0 Å². The van der Waals surface area contributed by atoms with E-state index < -0.39 is 0 Å². The lowest BCUT2D eigenvalue weighted by Gasteiger charge is -1.84. The Hall–Kier alpha value is -0.490. The molecular weight excluding hydrogens is 226 g/mol. The third-order valence-corrected chi connectivity index (χ3v) is 3.31. The maximum Gasteiger partial charge on any atom is 0.152 e. The largest absolute Gasteiger partial charge is 0.326 e. The highest BCUT2D eigenvalue weighted by Crippen LogP contribution is 2.26. The molecule has 2 aromatic heterocycles. The van der Waals surface area contributed by atoms with Gasteiger partial charge < -0.3 is 5.73 Å². The fourth-order valence-electron chi connectivity index (χ4n) is 0.830. The van der Waals surface area contributed by atoms with E-state index in [4.69, 9.17) is 5.73 Å². The average Bonchev–Trinajstić information content (AvgIpc) is 2.75. The van der Waals surface area contributed by atoms with E-state index in [-0.39, 0.29) is 12.4 Å². The van der Waals surface area contributed by atoms with Crippen molar-refractivity contribution >= 4 is 35.1 Å². The Morgan fingerprint density at radius 3 is 2.69 bits per heavy atom. The lowest BCUT2D eigenvalue weighted by molar-refractivity contribution is 1.10. The second kappa shape index (κ2) is 4.66. The summed E-state index contributed by atoms with van der Waals surface area (Å²) in [5.41, 5.74) is 5.47. The number of nitrogens with two attached hydrogens (primary N) is 1. The van der Waals surface area contributed by atoms with Gasteiger partial charge in [0.15, 0.2) is 10.0 Å². The zero-order valence-electron chi connectivity index (χ0n) is 6.64. The van der Waals surface area contributed by atoms with Crippen molar-refractivity contribution in [2.75, 3.05) is 0 Å². The fraction of sp³-hybridized carbons (Fsp3) is 0.143. The Bertz CT molecular complexity index is 357. The lowest BCUT2D eigenvalue weighted by atomic mass is 10.6. The summed E-state index contributed by atoms with van der Waals surface area (Å²) in [6, 6.07) is 0. The predicted molar refractivity (Wildman–Crippen MR) is 58.4 cm³/mol. The van der Waals surface area contributed by atoms with Crippen LogP contribution >= 0.6 is 35.1 Å². The minimum atomic E-state index is 0. The fourth-order valence-corrected chi connectivity index (χ4v) is 2.31. The Labute approximate surface area is 90.1 Å². The molecule has 0 aliphatic carbocycles. The molecule has 0 aliphatic rings. The van der Waals surface area contributed by atoms with Gasteiger partial charge in [-0.1, -0.05) is 0 Å². The van der Waals surface area contributed by atoms with Gasteiger partial charge in [-0.2, -0.15) is 0 Å². The number of halogens is 1. The van der Waals surface area contributed by atoms with Gasteiger partial charge in [-0.25, -0.2) is 9.97 Å². The molecule has 0 spiro atoms. The molecule has 2 heterocycles. The first-order valence-corrected chi connectivity index (χ1v) is 5.14. The molecule has 0 aromatic carbocycles. The summed E-state index contributed by atoms with van der Waals surface area (Å²) in [6.07, 6.45) is 3.59. The van der Waals surface area contributed by atoms with Gasteiger partial charge in [0, 0.05) is 29.2 Å². The van der Waals surface area contributed by atoms with Gasteiger partial charge in [-0.15, -0.1) is 35.1 Å². The summed E-state index contributed by atoms with van der Waals surface area (Å²) < 4.78 is 0. The maximum absolute atomic E-state index is 5.47. The van der Waals surface area contributed by atoms with Crippen LogP contribution in [-0.4, -0.2) is 9.97 Å². The van der Waals surface area contributed by atoms with Crippen LogP contribution < -0.4 is 5.73 Å². The molecule has 0 saturated carbocycles. The highest BCUT2D eigenvalue weighted by Gasteiger charge is 2.04. The van der Waals surface area contributed by atoms with Crippen LogP contribution in [0.3, 0.4) is 0 Å². The topological polar surface area (TPSA) is 51.8 Å². The summed E-state index contributed by atoms with van der Waals surface area (Å²) in [4.78, 5) is 9.47. The SMILES string of the molecule is Cl.NCc1cnc(-c2nccs2)s1. The summed E-state index contributed by atoms with van der Waals surface area (Å²) in [6.45, 7) is 0.559. The number of aromatic nitrogens is 2. The van der Waals surface area contributed by atoms with Crippen molar-refractivity contribution in [1.82, 2.24) is 9.97 Å². The molecule has 70 valence electrons. The summed E-state index contributed by atoms with van der Waals surface area (Å²) in [5.74, 6) is 0. The van der Waals surface area contributed by atoms with E-state index in [1.165, 1.54) is 0 Å². The molecule has 0 amide bonds. The van der Waals surface area contributed by atoms with Crippen molar-refractivity contribution in [2.45, 2.75) is 6.54 Å². The molecule has 0 radical (unpaired) electrons. The molecule has 13 heavy (non-hydrogen) atoms. The Kier molecular flexibility index (Phi) is 3.80. The molecule has 0 fully saturated rings. The second-order valence-corrected chi connectivity index (χ2v) is 4.18. The van der Waals surface area contributed by atoms with E-state index in [9.17, 15) is 0 Å². The van der Waals surface area contributed by atoms with Crippen LogP contribution in [0.5, 0.6) is 0 Å². The Balaban J connectivity index is 0.000000845. The van der Waals surface area contributed by atoms with E-state index in [1.54, 1.807) is 35.1 Å². The normalized spacial score (nSPS) is 9.62. The van der Waals surface area contributed by atoms with Crippen LogP contribution in [-0.2, 0) is 6.54 Å². The molecule has 0 saturated heterocycles. The monoisotopic (exact) mass is 233 g/mol. The van der Waals surface area contributed by atoms with Gasteiger partial charge in [0.2, 0.25) is 0 Å². The van der Waals surface area contributed by atoms with Crippen LogP contribution in [0.25, 0.3) is 10.0 Å². The van der Waals surface area contributed by atoms with Crippen LogP contribution in [0.15, 0.2) is 17.8 Å². The van der Waals surface area contributed by atoms with E-state index in [1.807, 2.05) is 5.38 Å². The van der Waals surface area contributed by atoms with Gasteiger partial charge >= 0.3 is 0 Å².